The van der Waals surface area contributed by atoms with Gasteiger partial charge in [-0.25, -0.2) is 9.18 Å². The summed E-state index contributed by atoms with van der Waals surface area (Å²) in [7, 11) is 1.70. The Morgan fingerprint density at radius 1 is 1.08 bits per heavy atom. The number of amides is 3. The van der Waals surface area contributed by atoms with Gasteiger partial charge in [0.2, 0.25) is 0 Å². The van der Waals surface area contributed by atoms with E-state index in [2.05, 4.69) is 5.32 Å². The van der Waals surface area contributed by atoms with Crippen LogP contribution in [0.3, 0.4) is 0 Å². The molecule has 0 saturated heterocycles. The van der Waals surface area contributed by atoms with Crippen LogP contribution in [0.2, 0.25) is 0 Å². The Kier molecular flexibility index (Phi) is 3.98. The van der Waals surface area contributed by atoms with Crippen molar-refractivity contribution in [3.63, 3.8) is 0 Å². The third kappa shape index (κ3) is 2.69. The van der Waals surface area contributed by atoms with E-state index in [1.165, 1.54) is 23.5 Å². The van der Waals surface area contributed by atoms with Crippen LogP contribution in [0.15, 0.2) is 35.5 Å². The van der Waals surface area contributed by atoms with Gasteiger partial charge in [0.05, 0.1) is 23.9 Å². The molecule has 0 unspecified atom stereocenters. The van der Waals surface area contributed by atoms with Gasteiger partial charge >= 0.3 is 6.03 Å². The fourth-order valence-corrected chi connectivity index (χ4v) is 4.18. The van der Waals surface area contributed by atoms with Gasteiger partial charge < -0.3 is 10.2 Å². The first-order valence-corrected chi connectivity index (χ1v) is 8.90. The Hall–Kier alpha value is -2.37. The highest BCUT2D eigenvalue weighted by Gasteiger charge is 2.44. The lowest BCUT2D eigenvalue weighted by atomic mass is 9.93. The summed E-state index contributed by atoms with van der Waals surface area (Å²) in [6.45, 7) is 0.487. The first kappa shape index (κ1) is 16.1. The summed E-state index contributed by atoms with van der Waals surface area (Å²) < 4.78 is 13.3. The molecule has 1 fully saturated rings. The summed E-state index contributed by atoms with van der Waals surface area (Å²) >= 11 is 0. The molecule has 1 saturated carbocycles. The summed E-state index contributed by atoms with van der Waals surface area (Å²) in [4.78, 5) is 29.0. The molecule has 0 aromatic heterocycles. The predicted molar refractivity (Wildman–Crippen MR) is 91.0 cm³/mol. The van der Waals surface area contributed by atoms with Crippen LogP contribution < -0.4 is 5.32 Å². The van der Waals surface area contributed by atoms with Crippen LogP contribution in [0.1, 0.15) is 43.7 Å². The second kappa shape index (κ2) is 6.17. The minimum Gasteiger partial charge on any atom is -0.330 e. The number of nitrogens with one attached hydrogen (secondary N) is 1. The van der Waals surface area contributed by atoms with Gasteiger partial charge in [0.15, 0.2) is 0 Å². The molecule has 3 amide bonds. The first-order valence-electron chi connectivity index (χ1n) is 8.90. The molecule has 5 nitrogen and oxygen atoms in total. The summed E-state index contributed by atoms with van der Waals surface area (Å²) in [5.74, 6) is -0.332. The van der Waals surface area contributed by atoms with E-state index in [0.29, 0.717) is 12.1 Å². The number of hydrogen-bond donors (Lipinski definition) is 1. The van der Waals surface area contributed by atoms with Gasteiger partial charge in [0.1, 0.15) is 5.82 Å². The maximum absolute atomic E-state index is 13.3. The summed E-state index contributed by atoms with van der Waals surface area (Å²) in [5.41, 5.74) is 2.13. The molecule has 132 valence electrons. The number of rotatable bonds is 2. The van der Waals surface area contributed by atoms with Crippen molar-refractivity contribution >= 4 is 11.9 Å². The van der Waals surface area contributed by atoms with Gasteiger partial charge in [-0.3, -0.25) is 9.69 Å². The van der Waals surface area contributed by atoms with Crippen molar-refractivity contribution in [2.24, 2.45) is 0 Å². The predicted octanol–water partition coefficient (Wildman–Crippen LogP) is 2.95. The maximum atomic E-state index is 13.3. The van der Waals surface area contributed by atoms with E-state index in [1.807, 2.05) is 4.90 Å². The second-order valence-corrected chi connectivity index (χ2v) is 7.08. The summed E-state index contributed by atoms with van der Waals surface area (Å²) in [5, 5.41) is 2.89. The van der Waals surface area contributed by atoms with Gasteiger partial charge in [0.25, 0.3) is 5.91 Å². The van der Waals surface area contributed by atoms with E-state index in [9.17, 15) is 14.0 Å². The van der Waals surface area contributed by atoms with E-state index >= 15 is 0 Å². The van der Waals surface area contributed by atoms with Gasteiger partial charge in [-0.2, -0.15) is 0 Å². The molecule has 1 aromatic rings. The molecule has 2 heterocycles. The molecule has 2 aliphatic heterocycles. The van der Waals surface area contributed by atoms with Crippen molar-refractivity contribution in [2.75, 3.05) is 13.6 Å². The molecule has 3 aliphatic rings. The zero-order valence-corrected chi connectivity index (χ0v) is 14.3. The molecule has 1 aromatic carbocycles. The number of carbonyl (C=O) groups is 2. The molecule has 25 heavy (non-hydrogen) atoms. The monoisotopic (exact) mass is 343 g/mol. The molecular weight excluding hydrogens is 321 g/mol. The third-order valence-electron chi connectivity index (χ3n) is 5.61. The smallest absolute Gasteiger partial charge is 0.322 e. The van der Waals surface area contributed by atoms with Gasteiger partial charge in [0, 0.05) is 13.1 Å². The van der Waals surface area contributed by atoms with Gasteiger partial charge in [-0.05, 0) is 30.5 Å². The van der Waals surface area contributed by atoms with Crippen molar-refractivity contribution in [1.82, 2.24) is 15.1 Å². The van der Waals surface area contributed by atoms with Gasteiger partial charge in [-0.15, -0.1) is 0 Å². The third-order valence-corrected chi connectivity index (χ3v) is 5.61. The van der Waals surface area contributed by atoms with Crippen LogP contribution in [-0.2, 0) is 4.79 Å². The summed E-state index contributed by atoms with van der Waals surface area (Å²) in [6.07, 6.45) is 5.57. The zero-order chi connectivity index (χ0) is 17.6. The van der Waals surface area contributed by atoms with Crippen LogP contribution >= 0.6 is 0 Å². The van der Waals surface area contributed by atoms with E-state index in [0.717, 1.165) is 36.9 Å². The number of urea groups is 1. The minimum atomic E-state index is -0.514. The Morgan fingerprint density at radius 2 is 1.76 bits per heavy atom. The lowest BCUT2D eigenvalue weighted by molar-refractivity contribution is -0.128. The Labute approximate surface area is 146 Å². The number of nitrogens with zero attached hydrogens (tertiary/aromatic N) is 2. The minimum absolute atomic E-state index is 0.00285. The number of likely N-dealkylation sites (N-methyl/N-ethyl adjacent to an activating group) is 1. The van der Waals surface area contributed by atoms with Crippen molar-refractivity contribution in [2.45, 2.75) is 44.2 Å². The van der Waals surface area contributed by atoms with Crippen molar-refractivity contribution < 1.29 is 14.0 Å². The van der Waals surface area contributed by atoms with Crippen LogP contribution in [-0.4, -0.2) is 41.4 Å². The average Bonchev–Trinajstić information content (AvgIpc) is 2.97. The largest absolute Gasteiger partial charge is 0.330 e. The highest BCUT2D eigenvalue weighted by atomic mass is 19.1. The second-order valence-electron chi connectivity index (χ2n) is 7.08. The van der Waals surface area contributed by atoms with Crippen LogP contribution in [0.5, 0.6) is 0 Å². The molecule has 0 bridgehead atoms. The Bertz CT molecular complexity index is 738. The number of hydrogen-bond acceptors (Lipinski definition) is 2. The molecule has 0 radical (unpaired) electrons. The fraction of sp³-hybridized carbons (Fsp3) is 0.474. The van der Waals surface area contributed by atoms with Crippen LogP contribution in [0.25, 0.3) is 0 Å². The molecule has 1 N–H and O–H groups in total. The first-order chi connectivity index (χ1) is 12.1. The number of halogens is 1. The van der Waals surface area contributed by atoms with E-state index in [4.69, 9.17) is 0 Å². The topological polar surface area (TPSA) is 52.7 Å². The standard InChI is InChI=1S/C19H22FN3O2/c1-22-15-11-23(14-5-3-2-4-6-14)18(24)16(15)17(21-19(22)25)12-7-9-13(20)10-8-12/h7-10,14,17H,2-6,11H2,1H3,(H,21,25)/t17-/m1/s1. The molecule has 1 aliphatic carbocycles. The number of benzene rings is 1. The Balaban J connectivity index is 1.69. The van der Waals surface area contributed by atoms with E-state index in [1.54, 1.807) is 19.2 Å². The highest BCUT2D eigenvalue weighted by Crippen LogP contribution is 2.38. The normalized spacial score (nSPS) is 24.6. The van der Waals surface area contributed by atoms with Crippen molar-refractivity contribution in [1.29, 1.82) is 0 Å². The molecule has 4 rings (SSSR count). The quantitative estimate of drug-likeness (QED) is 0.898. The van der Waals surface area contributed by atoms with E-state index < -0.39 is 6.04 Å². The zero-order valence-electron chi connectivity index (χ0n) is 14.3. The molecular formula is C19H22FN3O2. The molecule has 1 atom stereocenters. The average molecular weight is 343 g/mol. The number of carbonyl (C=O) groups excluding carboxylic acids is 2. The van der Waals surface area contributed by atoms with Gasteiger partial charge in [-0.1, -0.05) is 31.4 Å². The van der Waals surface area contributed by atoms with Crippen LogP contribution in [0, 0.1) is 5.82 Å². The molecule has 6 heteroatoms. The van der Waals surface area contributed by atoms with E-state index in [-0.39, 0.29) is 23.8 Å². The lowest BCUT2D eigenvalue weighted by Crippen LogP contribution is -2.45. The van der Waals surface area contributed by atoms with Crippen molar-refractivity contribution in [3.05, 3.63) is 46.9 Å². The SMILES string of the molecule is CN1C(=O)N[C@H](c2ccc(F)cc2)C2=C1CN(C1CCCCC1)C2=O. The summed E-state index contributed by atoms with van der Waals surface area (Å²) in [6, 6.07) is 5.49. The van der Waals surface area contributed by atoms with Crippen LogP contribution in [0.4, 0.5) is 9.18 Å². The lowest BCUT2D eigenvalue weighted by Gasteiger charge is -2.31. The fourth-order valence-electron chi connectivity index (χ4n) is 4.18. The maximum Gasteiger partial charge on any atom is 0.322 e. The molecule has 0 spiro atoms. The van der Waals surface area contributed by atoms with Crippen molar-refractivity contribution in [3.8, 4) is 0 Å². The Morgan fingerprint density at radius 3 is 2.44 bits per heavy atom. The highest BCUT2D eigenvalue weighted by molar-refractivity contribution is 6.01.